The molecule has 1 aliphatic rings. The highest BCUT2D eigenvalue weighted by Crippen LogP contribution is 2.29. The lowest BCUT2D eigenvalue weighted by Gasteiger charge is -2.27. The summed E-state index contributed by atoms with van der Waals surface area (Å²) in [5.41, 5.74) is 8.42. The Morgan fingerprint density at radius 1 is 1.30 bits per heavy atom. The van der Waals surface area contributed by atoms with Crippen LogP contribution >= 0.6 is 15.9 Å². The topological polar surface area (TPSA) is 49.6 Å². The molecule has 1 heterocycles. The second kappa shape index (κ2) is 6.59. The Labute approximate surface area is 129 Å². The van der Waals surface area contributed by atoms with E-state index in [0.717, 1.165) is 42.6 Å². The van der Waals surface area contributed by atoms with Gasteiger partial charge in [0, 0.05) is 49.3 Å². The van der Waals surface area contributed by atoms with Gasteiger partial charge in [0.1, 0.15) is 0 Å². The quantitative estimate of drug-likeness (QED) is 0.900. The lowest BCUT2D eigenvalue weighted by molar-refractivity contribution is -0.128. The van der Waals surface area contributed by atoms with Crippen molar-refractivity contribution in [1.29, 1.82) is 0 Å². The lowest BCUT2D eigenvalue weighted by Crippen LogP contribution is -2.34. The summed E-state index contributed by atoms with van der Waals surface area (Å²) in [6.45, 7) is 7.08. The molecule has 2 rings (SSSR count). The molecular formula is C15H22BrN3O. The molecule has 1 aromatic rings. The van der Waals surface area contributed by atoms with E-state index < -0.39 is 0 Å². The first kappa shape index (κ1) is 15.3. The van der Waals surface area contributed by atoms with E-state index in [4.69, 9.17) is 5.73 Å². The maximum Gasteiger partial charge on any atom is 0.219 e. The van der Waals surface area contributed by atoms with Gasteiger partial charge in [0.25, 0.3) is 0 Å². The van der Waals surface area contributed by atoms with Gasteiger partial charge in [-0.1, -0.05) is 22.0 Å². The Balaban J connectivity index is 2.23. The van der Waals surface area contributed by atoms with Gasteiger partial charge >= 0.3 is 0 Å². The molecule has 1 fully saturated rings. The van der Waals surface area contributed by atoms with Crippen LogP contribution in [0.15, 0.2) is 22.7 Å². The zero-order valence-corrected chi connectivity index (χ0v) is 13.7. The minimum Gasteiger partial charge on any atom is -0.369 e. The van der Waals surface area contributed by atoms with Gasteiger partial charge in [0.15, 0.2) is 0 Å². The Bertz CT molecular complexity index is 490. The second-order valence-corrected chi connectivity index (χ2v) is 6.25. The second-order valence-electron chi connectivity index (χ2n) is 5.34. The lowest BCUT2D eigenvalue weighted by atomic mass is 10.1. The number of anilines is 1. The summed E-state index contributed by atoms with van der Waals surface area (Å²) in [6.07, 6.45) is 0.991. The monoisotopic (exact) mass is 339 g/mol. The van der Waals surface area contributed by atoms with Crippen molar-refractivity contribution < 1.29 is 4.79 Å². The molecule has 0 saturated carbocycles. The van der Waals surface area contributed by atoms with Crippen molar-refractivity contribution in [1.82, 2.24) is 4.90 Å². The van der Waals surface area contributed by atoms with Crippen LogP contribution in [0.2, 0.25) is 0 Å². The number of hydrogen-bond acceptors (Lipinski definition) is 3. The summed E-state index contributed by atoms with van der Waals surface area (Å²) < 4.78 is 1.06. The number of rotatable bonds is 2. The third kappa shape index (κ3) is 3.52. The van der Waals surface area contributed by atoms with Crippen molar-refractivity contribution in [3.8, 4) is 0 Å². The average molecular weight is 340 g/mol. The molecule has 110 valence electrons. The molecule has 5 heteroatoms. The van der Waals surface area contributed by atoms with Crippen LogP contribution in [-0.4, -0.2) is 37.0 Å². The fourth-order valence-corrected chi connectivity index (χ4v) is 3.00. The van der Waals surface area contributed by atoms with Gasteiger partial charge in [-0.2, -0.15) is 0 Å². The van der Waals surface area contributed by atoms with Crippen molar-refractivity contribution in [2.24, 2.45) is 5.73 Å². The van der Waals surface area contributed by atoms with Crippen molar-refractivity contribution >= 4 is 27.5 Å². The molecule has 4 nitrogen and oxygen atoms in total. The number of nitrogens with two attached hydrogens (primary N) is 1. The highest BCUT2D eigenvalue weighted by atomic mass is 79.9. The van der Waals surface area contributed by atoms with Crippen LogP contribution in [0.3, 0.4) is 0 Å². The third-order valence-electron chi connectivity index (χ3n) is 3.76. The van der Waals surface area contributed by atoms with Gasteiger partial charge in [0.2, 0.25) is 5.91 Å². The molecular weight excluding hydrogens is 318 g/mol. The van der Waals surface area contributed by atoms with Crippen LogP contribution in [0.25, 0.3) is 0 Å². The van der Waals surface area contributed by atoms with Gasteiger partial charge in [-0.15, -0.1) is 0 Å². The van der Waals surface area contributed by atoms with Gasteiger partial charge in [-0.25, -0.2) is 0 Å². The Hall–Kier alpha value is -1.07. The van der Waals surface area contributed by atoms with Crippen molar-refractivity contribution in [2.75, 3.05) is 31.1 Å². The van der Waals surface area contributed by atoms with E-state index in [-0.39, 0.29) is 11.9 Å². The SMILES string of the molecule is CC(=O)N1CCCN(c2cc(Br)ccc2C(C)N)CC1. The molecule has 1 unspecified atom stereocenters. The Morgan fingerprint density at radius 3 is 2.70 bits per heavy atom. The molecule has 0 aliphatic carbocycles. The summed E-state index contributed by atoms with van der Waals surface area (Å²) in [5.74, 6) is 0.161. The first-order valence-corrected chi connectivity index (χ1v) is 7.84. The fraction of sp³-hybridized carbons (Fsp3) is 0.533. The number of carbonyl (C=O) groups is 1. The fourth-order valence-electron chi connectivity index (χ4n) is 2.65. The minimum atomic E-state index is 0.00487. The van der Waals surface area contributed by atoms with E-state index in [9.17, 15) is 4.79 Å². The number of halogens is 1. The average Bonchev–Trinajstić information content (AvgIpc) is 2.63. The Kier molecular flexibility index (Phi) is 5.05. The zero-order chi connectivity index (χ0) is 14.7. The normalized spacial score (nSPS) is 17.8. The molecule has 1 amide bonds. The summed E-state index contributed by atoms with van der Waals surface area (Å²) >= 11 is 3.53. The van der Waals surface area contributed by atoms with E-state index in [1.807, 2.05) is 17.9 Å². The van der Waals surface area contributed by atoms with Crippen LogP contribution < -0.4 is 10.6 Å². The van der Waals surface area contributed by atoms with E-state index in [2.05, 4.69) is 33.0 Å². The molecule has 0 spiro atoms. The molecule has 1 saturated heterocycles. The molecule has 1 aromatic carbocycles. The van der Waals surface area contributed by atoms with Gasteiger partial charge in [-0.05, 0) is 31.0 Å². The number of benzene rings is 1. The predicted octanol–water partition coefficient (Wildman–Crippen LogP) is 2.53. The number of nitrogens with zero attached hydrogens (tertiary/aromatic N) is 2. The summed E-state index contributed by atoms with van der Waals surface area (Å²) in [5, 5.41) is 0. The number of carbonyl (C=O) groups excluding carboxylic acids is 1. The largest absolute Gasteiger partial charge is 0.369 e. The molecule has 20 heavy (non-hydrogen) atoms. The van der Waals surface area contributed by atoms with Gasteiger partial charge < -0.3 is 15.5 Å². The van der Waals surface area contributed by atoms with Crippen LogP contribution in [0.5, 0.6) is 0 Å². The Morgan fingerprint density at radius 2 is 2.05 bits per heavy atom. The molecule has 1 atom stereocenters. The maximum absolute atomic E-state index is 11.5. The summed E-state index contributed by atoms with van der Waals surface area (Å²) in [4.78, 5) is 15.8. The first-order valence-electron chi connectivity index (χ1n) is 7.04. The van der Waals surface area contributed by atoms with Gasteiger partial charge in [0.05, 0.1) is 0 Å². The minimum absolute atomic E-state index is 0.00487. The van der Waals surface area contributed by atoms with E-state index in [1.165, 1.54) is 5.69 Å². The molecule has 0 aromatic heterocycles. The van der Waals surface area contributed by atoms with Crippen molar-refractivity contribution in [2.45, 2.75) is 26.3 Å². The molecule has 0 bridgehead atoms. The predicted molar refractivity (Wildman–Crippen MR) is 85.8 cm³/mol. The zero-order valence-electron chi connectivity index (χ0n) is 12.1. The number of amides is 1. The third-order valence-corrected chi connectivity index (χ3v) is 4.26. The smallest absolute Gasteiger partial charge is 0.219 e. The molecule has 2 N–H and O–H groups in total. The molecule has 0 radical (unpaired) electrons. The van der Waals surface area contributed by atoms with Crippen LogP contribution in [0.1, 0.15) is 31.9 Å². The first-order chi connectivity index (χ1) is 9.49. The standard InChI is InChI=1S/C15H22BrN3O/c1-11(17)14-5-4-13(16)10-15(14)19-7-3-6-18(8-9-19)12(2)20/h4-5,10-11H,3,6-9,17H2,1-2H3. The maximum atomic E-state index is 11.5. The van der Waals surface area contributed by atoms with Crippen LogP contribution in [0.4, 0.5) is 5.69 Å². The van der Waals surface area contributed by atoms with E-state index in [1.54, 1.807) is 6.92 Å². The highest BCUT2D eigenvalue weighted by molar-refractivity contribution is 9.10. The van der Waals surface area contributed by atoms with Crippen LogP contribution in [0, 0.1) is 0 Å². The summed E-state index contributed by atoms with van der Waals surface area (Å²) in [6, 6.07) is 6.24. The van der Waals surface area contributed by atoms with Crippen molar-refractivity contribution in [3.63, 3.8) is 0 Å². The van der Waals surface area contributed by atoms with Gasteiger partial charge in [-0.3, -0.25) is 4.79 Å². The van der Waals surface area contributed by atoms with E-state index in [0.29, 0.717) is 0 Å². The van der Waals surface area contributed by atoms with E-state index >= 15 is 0 Å². The summed E-state index contributed by atoms with van der Waals surface area (Å²) in [7, 11) is 0. The molecule has 1 aliphatic heterocycles. The van der Waals surface area contributed by atoms with Crippen molar-refractivity contribution in [3.05, 3.63) is 28.2 Å². The highest BCUT2D eigenvalue weighted by Gasteiger charge is 2.19. The van der Waals surface area contributed by atoms with Crippen LogP contribution in [-0.2, 0) is 4.79 Å². The number of hydrogen-bond donors (Lipinski definition) is 1.